The fraction of sp³-hybridized carbons (Fsp3) is 0.364. The number of rotatable bonds is 4. The van der Waals surface area contributed by atoms with Crippen LogP contribution >= 0.6 is 15.9 Å². The third kappa shape index (κ3) is 3.19. The normalized spacial score (nSPS) is 15.6. The van der Waals surface area contributed by atoms with Gasteiger partial charge in [0.05, 0.1) is 10.6 Å². The first-order valence-corrected chi connectivity index (χ1v) is 8.15. The number of hydrogen-bond donors (Lipinski definition) is 2. The number of carbonyl (C=O) groups excluding carboxylic acids is 1. The van der Waals surface area contributed by atoms with E-state index in [0.717, 1.165) is 0 Å². The molecular weight excluding hydrogens is 334 g/mol. The van der Waals surface area contributed by atoms with Crippen LogP contribution in [0.2, 0.25) is 0 Å². The average Bonchev–Trinajstić information content (AvgIpc) is 2.72. The van der Waals surface area contributed by atoms with Gasteiger partial charge < -0.3 is 16.0 Å². The van der Waals surface area contributed by atoms with Gasteiger partial charge in [0, 0.05) is 29.8 Å². The van der Waals surface area contributed by atoms with Gasteiger partial charge in [-0.2, -0.15) is 0 Å². The van der Waals surface area contributed by atoms with Gasteiger partial charge in [0.25, 0.3) is 0 Å². The van der Waals surface area contributed by atoms with Gasteiger partial charge in [-0.05, 0) is 34.1 Å². The molecule has 1 saturated heterocycles. The van der Waals surface area contributed by atoms with Crippen molar-refractivity contribution in [2.45, 2.75) is 4.90 Å². The van der Waals surface area contributed by atoms with Gasteiger partial charge in [-0.25, -0.2) is 13.2 Å². The van der Waals surface area contributed by atoms with E-state index in [0.29, 0.717) is 23.2 Å². The highest BCUT2D eigenvalue weighted by Crippen LogP contribution is 2.25. The summed E-state index contributed by atoms with van der Waals surface area (Å²) in [5, 5.41) is 2.63. The zero-order chi connectivity index (χ0) is 14.0. The van der Waals surface area contributed by atoms with Crippen LogP contribution in [0.25, 0.3) is 0 Å². The van der Waals surface area contributed by atoms with Crippen molar-refractivity contribution < 1.29 is 13.2 Å². The minimum absolute atomic E-state index is 0.108. The van der Waals surface area contributed by atoms with E-state index >= 15 is 0 Å². The lowest BCUT2D eigenvalue weighted by atomic mass is 10.3. The molecule has 19 heavy (non-hydrogen) atoms. The highest BCUT2D eigenvalue weighted by Gasteiger charge is 2.24. The molecule has 0 radical (unpaired) electrons. The molecule has 1 fully saturated rings. The average molecular weight is 348 g/mol. The minimum Gasteiger partial charge on any atom is -0.399 e. The van der Waals surface area contributed by atoms with Crippen molar-refractivity contribution in [3.05, 3.63) is 22.7 Å². The number of anilines is 1. The Labute approximate surface area is 120 Å². The number of benzene rings is 1. The first-order chi connectivity index (χ1) is 8.90. The van der Waals surface area contributed by atoms with Crippen molar-refractivity contribution in [2.75, 3.05) is 31.1 Å². The Bertz CT molecular complexity index is 603. The van der Waals surface area contributed by atoms with Crippen molar-refractivity contribution in [2.24, 2.45) is 0 Å². The summed E-state index contributed by atoms with van der Waals surface area (Å²) in [5.74, 6) is -0.108. The summed E-state index contributed by atoms with van der Waals surface area (Å²) in [6.45, 7) is 1.28. The molecule has 1 aliphatic rings. The Hall–Kier alpha value is -1.28. The van der Waals surface area contributed by atoms with E-state index in [1.807, 2.05) is 0 Å². The molecule has 0 unspecified atom stereocenters. The number of nitrogens with two attached hydrogens (primary N) is 1. The Morgan fingerprint density at radius 1 is 1.42 bits per heavy atom. The molecule has 8 heteroatoms. The van der Waals surface area contributed by atoms with E-state index in [4.69, 9.17) is 5.73 Å². The second-order valence-electron chi connectivity index (χ2n) is 4.23. The second-order valence-corrected chi connectivity index (χ2v) is 7.16. The SMILES string of the molecule is Nc1ccc(S(=O)(=O)CCN2CCNC2=O)c(Br)c1. The molecule has 3 N–H and O–H groups in total. The van der Waals surface area contributed by atoms with Crippen molar-refractivity contribution >= 4 is 37.5 Å². The maximum absolute atomic E-state index is 12.2. The molecule has 0 bridgehead atoms. The van der Waals surface area contributed by atoms with Gasteiger partial charge in [-0.1, -0.05) is 0 Å². The first-order valence-electron chi connectivity index (χ1n) is 5.71. The lowest BCUT2D eigenvalue weighted by Crippen LogP contribution is -2.32. The molecule has 0 aromatic heterocycles. The number of halogens is 1. The number of amides is 2. The first kappa shape index (κ1) is 14.1. The molecule has 0 atom stereocenters. The summed E-state index contributed by atoms with van der Waals surface area (Å²) in [5.41, 5.74) is 6.07. The van der Waals surface area contributed by atoms with Crippen LogP contribution in [0.1, 0.15) is 0 Å². The predicted molar refractivity (Wildman–Crippen MR) is 75.6 cm³/mol. The third-order valence-electron chi connectivity index (χ3n) is 2.87. The number of carbonyl (C=O) groups is 1. The molecule has 1 aromatic carbocycles. The highest BCUT2D eigenvalue weighted by molar-refractivity contribution is 9.10. The van der Waals surface area contributed by atoms with Gasteiger partial charge in [-0.3, -0.25) is 0 Å². The Balaban J connectivity index is 2.12. The molecule has 2 rings (SSSR count). The maximum Gasteiger partial charge on any atom is 0.317 e. The monoisotopic (exact) mass is 347 g/mol. The molecule has 6 nitrogen and oxygen atoms in total. The van der Waals surface area contributed by atoms with E-state index in [2.05, 4.69) is 21.2 Å². The molecule has 1 aromatic rings. The molecular formula is C11H14BrN3O3S. The standard InChI is InChI=1S/C11H14BrN3O3S/c12-9-7-8(13)1-2-10(9)19(17,18)6-5-15-4-3-14-11(15)16/h1-2,7H,3-6,13H2,(H,14,16). The van der Waals surface area contributed by atoms with Crippen LogP contribution in [-0.4, -0.2) is 44.7 Å². The van der Waals surface area contributed by atoms with E-state index in [1.165, 1.54) is 11.0 Å². The summed E-state index contributed by atoms with van der Waals surface area (Å²) >= 11 is 3.20. The van der Waals surface area contributed by atoms with E-state index in [1.54, 1.807) is 12.1 Å². The Morgan fingerprint density at radius 3 is 2.74 bits per heavy atom. The lowest BCUT2D eigenvalue weighted by molar-refractivity contribution is 0.220. The molecule has 0 aliphatic carbocycles. The van der Waals surface area contributed by atoms with E-state index in [9.17, 15) is 13.2 Å². The van der Waals surface area contributed by atoms with Crippen LogP contribution < -0.4 is 11.1 Å². The van der Waals surface area contributed by atoms with Gasteiger partial charge >= 0.3 is 6.03 Å². The Morgan fingerprint density at radius 2 is 2.16 bits per heavy atom. The quantitative estimate of drug-likeness (QED) is 0.789. The number of hydrogen-bond acceptors (Lipinski definition) is 4. The van der Waals surface area contributed by atoms with Gasteiger partial charge in [-0.15, -0.1) is 0 Å². The minimum atomic E-state index is -3.44. The summed E-state index contributed by atoms with van der Waals surface area (Å²) in [7, 11) is -3.44. The summed E-state index contributed by atoms with van der Waals surface area (Å²) < 4.78 is 24.8. The fourth-order valence-electron chi connectivity index (χ4n) is 1.83. The summed E-state index contributed by atoms with van der Waals surface area (Å²) in [6, 6.07) is 4.35. The predicted octanol–water partition coefficient (Wildman–Crippen LogP) is 0.830. The van der Waals surface area contributed by atoms with Gasteiger partial charge in [0.2, 0.25) is 0 Å². The lowest BCUT2D eigenvalue weighted by Gasteiger charge is -2.14. The zero-order valence-electron chi connectivity index (χ0n) is 10.1. The number of nitrogens with zero attached hydrogens (tertiary/aromatic N) is 1. The van der Waals surface area contributed by atoms with Gasteiger partial charge in [0.15, 0.2) is 9.84 Å². The Kier molecular flexibility index (Phi) is 4.00. The van der Waals surface area contributed by atoms with Crippen LogP contribution in [0.5, 0.6) is 0 Å². The van der Waals surface area contributed by atoms with Crippen LogP contribution in [-0.2, 0) is 9.84 Å². The number of nitrogen functional groups attached to an aromatic ring is 1. The number of urea groups is 1. The number of sulfone groups is 1. The topological polar surface area (TPSA) is 92.5 Å². The second kappa shape index (κ2) is 5.38. The molecule has 104 valence electrons. The van der Waals surface area contributed by atoms with Crippen LogP contribution in [0.3, 0.4) is 0 Å². The zero-order valence-corrected chi connectivity index (χ0v) is 12.5. The smallest absolute Gasteiger partial charge is 0.317 e. The summed E-state index contributed by atoms with van der Waals surface area (Å²) in [6.07, 6.45) is 0. The van der Waals surface area contributed by atoms with Crippen LogP contribution in [0.4, 0.5) is 10.5 Å². The van der Waals surface area contributed by atoms with Crippen molar-refractivity contribution in [1.82, 2.24) is 10.2 Å². The molecule has 0 saturated carbocycles. The van der Waals surface area contributed by atoms with E-state index < -0.39 is 9.84 Å². The van der Waals surface area contributed by atoms with Crippen molar-refractivity contribution in [3.63, 3.8) is 0 Å². The van der Waals surface area contributed by atoms with Crippen molar-refractivity contribution in [3.8, 4) is 0 Å². The molecule has 2 amide bonds. The maximum atomic E-state index is 12.2. The summed E-state index contributed by atoms with van der Waals surface area (Å²) in [4.78, 5) is 13.0. The van der Waals surface area contributed by atoms with E-state index in [-0.39, 0.29) is 23.2 Å². The van der Waals surface area contributed by atoms with Crippen LogP contribution in [0, 0.1) is 0 Å². The van der Waals surface area contributed by atoms with Gasteiger partial charge in [0.1, 0.15) is 0 Å². The third-order valence-corrected chi connectivity index (χ3v) is 5.53. The molecule has 0 spiro atoms. The number of nitrogens with one attached hydrogen (secondary N) is 1. The fourth-order valence-corrected chi connectivity index (χ4v) is 4.28. The largest absolute Gasteiger partial charge is 0.399 e. The molecule has 1 aliphatic heterocycles. The van der Waals surface area contributed by atoms with Crippen LogP contribution in [0.15, 0.2) is 27.6 Å². The highest BCUT2D eigenvalue weighted by atomic mass is 79.9. The molecule has 1 heterocycles. The van der Waals surface area contributed by atoms with Crippen molar-refractivity contribution in [1.29, 1.82) is 0 Å².